The second kappa shape index (κ2) is 5.98. The summed E-state index contributed by atoms with van der Waals surface area (Å²) in [6.45, 7) is 2.84. The van der Waals surface area contributed by atoms with Crippen LogP contribution in [0.3, 0.4) is 0 Å². The molecule has 17 heavy (non-hydrogen) atoms. The summed E-state index contributed by atoms with van der Waals surface area (Å²) in [5.41, 5.74) is 1.15. The summed E-state index contributed by atoms with van der Waals surface area (Å²) < 4.78 is 1.01. The van der Waals surface area contributed by atoms with Crippen molar-refractivity contribution in [3.63, 3.8) is 0 Å². The fraction of sp³-hybridized carbons (Fsp3) is 0.462. The summed E-state index contributed by atoms with van der Waals surface area (Å²) >= 11 is 9.59. The molecule has 0 saturated carbocycles. The van der Waals surface area contributed by atoms with Crippen molar-refractivity contribution in [2.75, 3.05) is 13.1 Å². The first-order valence-electron chi connectivity index (χ1n) is 5.80. The van der Waals surface area contributed by atoms with E-state index < -0.39 is 0 Å². The highest BCUT2D eigenvalue weighted by atomic mass is 79.9. The maximum Gasteiger partial charge on any atom is 0.123 e. The summed E-state index contributed by atoms with van der Waals surface area (Å²) in [5.74, 6) is 0.256. The van der Waals surface area contributed by atoms with Gasteiger partial charge in [0, 0.05) is 22.0 Å². The van der Waals surface area contributed by atoms with E-state index in [9.17, 15) is 4.79 Å². The molecule has 0 aliphatic carbocycles. The molecule has 1 aliphatic heterocycles. The highest BCUT2D eigenvalue weighted by molar-refractivity contribution is 9.10. The van der Waals surface area contributed by atoms with Gasteiger partial charge >= 0.3 is 0 Å². The van der Waals surface area contributed by atoms with E-state index in [4.69, 9.17) is 11.6 Å². The summed E-state index contributed by atoms with van der Waals surface area (Å²) in [6, 6.07) is 5.99. The van der Waals surface area contributed by atoms with Crippen LogP contribution in [0.4, 0.5) is 0 Å². The Morgan fingerprint density at radius 3 is 2.71 bits per heavy atom. The van der Waals surface area contributed by atoms with Crippen LogP contribution < -0.4 is 0 Å². The molecule has 0 amide bonds. The smallest absolute Gasteiger partial charge is 0.123 e. The Labute approximate surface area is 115 Å². The highest BCUT2D eigenvalue weighted by Gasteiger charge is 2.19. The zero-order valence-corrected chi connectivity index (χ0v) is 11.9. The Morgan fingerprint density at radius 1 is 1.41 bits per heavy atom. The second-order valence-corrected chi connectivity index (χ2v) is 5.81. The van der Waals surface area contributed by atoms with E-state index in [1.807, 2.05) is 12.1 Å². The third kappa shape index (κ3) is 3.54. The predicted molar refractivity (Wildman–Crippen MR) is 73.2 cm³/mol. The first-order chi connectivity index (χ1) is 8.19. The van der Waals surface area contributed by atoms with Gasteiger partial charge in [-0.3, -0.25) is 4.90 Å². The third-order valence-electron chi connectivity index (χ3n) is 3.23. The molecule has 0 radical (unpaired) electrons. The number of hydrogen-bond donors (Lipinski definition) is 0. The molecular formula is C13H15BrClNO. The van der Waals surface area contributed by atoms with E-state index in [0.29, 0.717) is 0 Å². The quantitative estimate of drug-likeness (QED) is 0.795. The molecule has 2 nitrogen and oxygen atoms in total. The standard InChI is InChI=1S/C13H15BrClNO/c14-12-2-1-11(13(15)7-12)8-16-5-3-10(9-17)4-6-16/h1-2,7,9-10H,3-6,8H2. The van der Waals surface area contributed by atoms with Crippen molar-refractivity contribution in [2.24, 2.45) is 5.92 Å². The number of aldehydes is 1. The topological polar surface area (TPSA) is 20.3 Å². The van der Waals surface area contributed by atoms with E-state index in [0.717, 1.165) is 53.8 Å². The third-order valence-corrected chi connectivity index (χ3v) is 4.08. The SMILES string of the molecule is O=CC1CCN(Cc2ccc(Br)cc2Cl)CC1. The number of hydrogen-bond acceptors (Lipinski definition) is 2. The molecule has 1 fully saturated rings. The first-order valence-corrected chi connectivity index (χ1v) is 6.97. The number of likely N-dealkylation sites (tertiary alicyclic amines) is 1. The van der Waals surface area contributed by atoms with E-state index in [-0.39, 0.29) is 5.92 Å². The van der Waals surface area contributed by atoms with Gasteiger partial charge in [0.2, 0.25) is 0 Å². The lowest BCUT2D eigenvalue weighted by Gasteiger charge is -2.29. The van der Waals surface area contributed by atoms with Crippen molar-refractivity contribution in [2.45, 2.75) is 19.4 Å². The van der Waals surface area contributed by atoms with Gasteiger partial charge < -0.3 is 4.79 Å². The Hall–Kier alpha value is -0.380. The monoisotopic (exact) mass is 315 g/mol. The first kappa shape index (κ1) is 13.1. The van der Waals surface area contributed by atoms with Crippen LogP contribution in [0.1, 0.15) is 18.4 Å². The van der Waals surface area contributed by atoms with Crippen LogP contribution in [-0.4, -0.2) is 24.3 Å². The molecular weight excluding hydrogens is 302 g/mol. The van der Waals surface area contributed by atoms with Crippen LogP contribution in [-0.2, 0) is 11.3 Å². The van der Waals surface area contributed by atoms with Crippen molar-refractivity contribution in [1.82, 2.24) is 4.90 Å². The van der Waals surface area contributed by atoms with Gasteiger partial charge in [0.25, 0.3) is 0 Å². The molecule has 1 heterocycles. The second-order valence-electron chi connectivity index (χ2n) is 4.49. The van der Waals surface area contributed by atoms with Gasteiger partial charge in [0.15, 0.2) is 0 Å². The van der Waals surface area contributed by atoms with Crippen LogP contribution in [0.2, 0.25) is 5.02 Å². The average molecular weight is 317 g/mol. The number of carbonyl (C=O) groups is 1. The lowest BCUT2D eigenvalue weighted by atomic mass is 9.98. The zero-order chi connectivity index (χ0) is 12.3. The van der Waals surface area contributed by atoms with Gasteiger partial charge in [-0.2, -0.15) is 0 Å². The van der Waals surface area contributed by atoms with Gasteiger partial charge in [-0.1, -0.05) is 33.6 Å². The lowest BCUT2D eigenvalue weighted by molar-refractivity contribution is -0.112. The molecule has 1 aliphatic rings. The maximum absolute atomic E-state index is 10.7. The molecule has 0 spiro atoms. The largest absolute Gasteiger partial charge is 0.303 e. The van der Waals surface area contributed by atoms with Crippen molar-refractivity contribution in [3.05, 3.63) is 33.3 Å². The molecule has 92 valence electrons. The molecule has 1 aromatic carbocycles. The zero-order valence-electron chi connectivity index (χ0n) is 9.53. The molecule has 0 atom stereocenters. The van der Waals surface area contributed by atoms with Crippen molar-refractivity contribution >= 4 is 33.8 Å². The van der Waals surface area contributed by atoms with E-state index >= 15 is 0 Å². The summed E-state index contributed by atoms with van der Waals surface area (Å²) in [5, 5.41) is 0.803. The van der Waals surface area contributed by atoms with Crippen LogP contribution in [0, 0.1) is 5.92 Å². The van der Waals surface area contributed by atoms with Gasteiger partial charge in [0.05, 0.1) is 0 Å². The van der Waals surface area contributed by atoms with Gasteiger partial charge in [-0.25, -0.2) is 0 Å². The van der Waals surface area contributed by atoms with E-state index in [2.05, 4.69) is 26.9 Å². The number of benzene rings is 1. The maximum atomic E-state index is 10.7. The summed E-state index contributed by atoms with van der Waals surface area (Å²) in [4.78, 5) is 13.0. The minimum atomic E-state index is 0.256. The fourth-order valence-corrected chi connectivity index (χ4v) is 2.87. The van der Waals surface area contributed by atoms with Crippen LogP contribution in [0.5, 0.6) is 0 Å². The number of rotatable bonds is 3. The normalized spacial score (nSPS) is 18.2. The minimum Gasteiger partial charge on any atom is -0.303 e. The summed E-state index contributed by atoms with van der Waals surface area (Å²) in [6.07, 6.45) is 3.03. The molecule has 0 bridgehead atoms. The van der Waals surface area contributed by atoms with Crippen molar-refractivity contribution < 1.29 is 4.79 Å². The molecule has 4 heteroatoms. The molecule has 2 rings (SSSR count). The van der Waals surface area contributed by atoms with Crippen LogP contribution in [0.15, 0.2) is 22.7 Å². The fourth-order valence-electron chi connectivity index (χ4n) is 2.14. The summed E-state index contributed by atoms with van der Waals surface area (Å²) in [7, 11) is 0. The highest BCUT2D eigenvalue weighted by Crippen LogP contribution is 2.24. The predicted octanol–water partition coefficient (Wildman–Crippen LogP) is 3.51. The number of piperidine rings is 1. The van der Waals surface area contributed by atoms with Gasteiger partial charge in [-0.05, 0) is 43.6 Å². The number of carbonyl (C=O) groups excluding carboxylic acids is 1. The average Bonchev–Trinajstić information content (AvgIpc) is 2.34. The number of nitrogens with zero attached hydrogens (tertiary/aromatic N) is 1. The molecule has 1 aromatic rings. The van der Waals surface area contributed by atoms with E-state index in [1.165, 1.54) is 0 Å². The van der Waals surface area contributed by atoms with Gasteiger partial charge in [-0.15, -0.1) is 0 Å². The molecule has 0 unspecified atom stereocenters. The van der Waals surface area contributed by atoms with Crippen LogP contribution >= 0.6 is 27.5 Å². The lowest BCUT2D eigenvalue weighted by Crippen LogP contribution is -2.33. The molecule has 0 N–H and O–H groups in total. The Balaban J connectivity index is 1.95. The Kier molecular flexibility index (Phi) is 4.60. The Bertz CT molecular complexity index is 402. The number of halogens is 2. The van der Waals surface area contributed by atoms with Crippen molar-refractivity contribution in [3.8, 4) is 0 Å². The molecule has 0 aromatic heterocycles. The van der Waals surface area contributed by atoms with Crippen LogP contribution in [0.25, 0.3) is 0 Å². The van der Waals surface area contributed by atoms with E-state index in [1.54, 1.807) is 0 Å². The minimum absolute atomic E-state index is 0.256. The van der Waals surface area contributed by atoms with Crippen molar-refractivity contribution in [1.29, 1.82) is 0 Å². The Morgan fingerprint density at radius 2 is 2.12 bits per heavy atom. The van der Waals surface area contributed by atoms with Gasteiger partial charge in [0.1, 0.15) is 6.29 Å². The molecule has 1 saturated heterocycles.